The molecule has 440 valence electrons. The lowest BCUT2D eigenvalue weighted by Crippen LogP contribution is -2.68. The fraction of sp³-hybridized carbons (Fsp3) is 0.963. The Labute approximate surface area is 445 Å². The average molecular weight is 1090 g/mol. The number of aliphatic hydroxyl groups is 15. The lowest BCUT2D eigenvalue weighted by molar-refractivity contribution is -0.363. The predicted octanol–water partition coefficient (Wildman–Crippen LogP) is -1.93. The van der Waals surface area contributed by atoms with Crippen LogP contribution >= 0.6 is 0 Å². The normalized spacial score (nSPS) is 51.5. The van der Waals surface area contributed by atoms with Gasteiger partial charge in [0.15, 0.2) is 18.9 Å². The number of allylic oxidation sites excluding steroid dienone is 1. The molecule has 29 atom stereocenters. The summed E-state index contributed by atoms with van der Waals surface area (Å²) in [5.41, 5.74) is -1.90. The molecule has 4 unspecified atom stereocenters. The van der Waals surface area contributed by atoms with Crippen LogP contribution in [0.5, 0.6) is 0 Å². The molecular formula is C54H92O22. The molecule has 0 aromatic heterocycles. The van der Waals surface area contributed by atoms with E-state index in [0.29, 0.717) is 38.5 Å². The molecule has 0 amide bonds. The van der Waals surface area contributed by atoms with Crippen LogP contribution in [0.3, 0.4) is 0 Å². The topological polar surface area (TPSA) is 368 Å². The van der Waals surface area contributed by atoms with E-state index in [1.807, 2.05) is 0 Å². The summed E-state index contributed by atoms with van der Waals surface area (Å²) in [6.07, 6.45) is -21.9. The molecule has 0 aromatic carbocycles. The van der Waals surface area contributed by atoms with Gasteiger partial charge in [-0.2, -0.15) is 0 Å². The summed E-state index contributed by atoms with van der Waals surface area (Å²) in [5, 5.41) is 162. The summed E-state index contributed by atoms with van der Waals surface area (Å²) in [6, 6.07) is 0. The first-order valence-corrected chi connectivity index (χ1v) is 27.8. The van der Waals surface area contributed by atoms with E-state index in [9.17, 15) is 76.6 Å². The van der Waals surface area contributed by atoms with Crippen molar-refractivity contribution >= 4 is 0 Å². The molecule has 4 saturated heterocycles. The molecule has 0 bridgehead atoms. The van der Waals surface area contributed by atoms with Crippen molar-refractivity contribution in [1.82, 2.24) is 0 Å². The van der Waals surface area contributed by atoms with Crippen LogP contribution in [0.2, 0.25) is 0 Å². The van der Waals surface area contributed by atoms with Gasteiger partial charge in [0.2, 0.25) is 0 Å². The van der Waals surface area contributed by atoms with Crippen LogP contribution in [0.25, 0.3) is 0 Å². The summed E-state index contributed by atoms with van der Waals surface area (Å²) < 4.78 is 42.4. The molecule has 3 saturated carbocycles. The molecule has 8 aliphatic rings. The van der Waals surface area contributed by atoms with Gasteiger partial charge >= 0.3 is 0 Å². The number of rotatable bonds is 16. The van der Waals surface area contributed by atoms with Gasteiger partial charge in [0.1, 0.15) is 67.1 Å². The zero-order valence-electron chi connectivity index (χ0n) is 45.3. The van der Waals surface area contributed by atoms with Crippen molar-refractivity contribution in [1.29, 1.82) is 0 Å². The molecule has 8 rings (SSSR count). The third-order valence-electron chi connectivity index (χ3n) is 20.9. The van der Waals surface area contributed by atoms with Crippen molar-refractivity contribution in [3.05, 3.63) is 11.6 Å². The third-order valence-corrected chi connectivity index (χ3v) is 20.9. The number of aliphatic hydroxyl groups excluding tert-OH is 14. The predicted molar refractivity (Wildman–Crippen MR) is 265 cm³/mol. The van der Waals surface area contributed by atoms with Gasteiger partial charge in [-0.05, 0) is 106 Å². The molecule has 22 heteroatoms. The van der Waals surface area contributed by atoms with Gasteiger partial charge in [0.05, 0.1) is 68.1 Å². The van der Waals surface area contributed by atoms with Gasteiger partial charge in [0.25, 0.3) is 0 Å². The maximum atomic E-state index is 12.7. The molecule has 22 nitrogen and oxygen atoms in total. The number of fused-ring (bicyclic) bond motifs is 5. The first kappa shape index (κ1) is 60.9. The highest BCUT2D eigenvalue weighted by molar-refractivity contribution is 5.32. The molecule has 0 aromatic rings. The first-order valence-electron chi connectivity index (χ1n) is 27.8. The molecule has 0 spiro atoms. The van der Waals surface area contributed by atoms with E-state index in [-0.39, 0.29) is 47.5 Å². The van der Waals surface area contributed by atoms with E-state index in [1.165, 1.54) is 0 Å². The zero-order chi connectivity index (χ0) is 55.9. The first-order chi connectivity index (χ1) is 35.5. The highest BCUT2D eigenvalue weighted by atomic mass is 16.8. The van der Waals surface area contributed by atoms with Crippen LogP contribution < -0.4 is 0 Å². The van der Waals surface area contributed by atoms with Crippen molar-refractivity contribution in [2.75, 3.05) is 26.4 Å². The number of ether oxygens (including phenoxy) is 7. The standard InChI is InChI=1S/C54H92O22/c1-23(9-13-34(51(4,5)69)75-49-46(36(60)27(58)22-70-49)76-48-44(68)41(65)37(61)28(72-48)16-18-55)24-15-17-52(6)31-12-10-25-26(54(31,8)32(59)19-53(24,52)7)11-14-33(50(25,2)3)74-47-43(67)39(63)35(29(20-56)73-47)45-42(66)40(64)38(62)30(21-57)71-45/h10,23-24,26-49,55-69H,9,11-22H2,1-8H3/t23-,24?,26?,27-,28+,29-,30-,31?,32-,33+,34-,35?,36+,37+,38-,39+,40+,41-,42-,43-,44+,45+,46-,47+,48-,49+,52+,53-,54+/m1/s1. The fourth-order valence-corrected chi connectivity index (χ4v) is 16.1. The Morgan fingerprint density at radius 3 is 1.93 bits per heavy atom. The van der Waals surface area contributed by atoms with Gasteiger partial charge < -0.3 is 110 Å². The molecule has 4 aliphatic heterocycles. The highest BCUT2D eigenvalue weighted by Gasteiger charge is 2.70. The maximum Gasteiger partial charge on any atom is 0.187 e. The smallest absolute Gasteiger partial charge is 0.187 e. The van der Waals surface area contributed by atoms with Gasteiger partial charge in [-0.25, -0.2) is 0 Å². The minimum atomic E-state index is -1.77. The Hall–Kier alpha value is -1.14. The lowest BCUT2D eigenvalue weighted by Gasteiger charge is -2.67. The molecule has 15 N–H and O–H groups in total. The van der Waals surface area contributed by atoms with Gasteiger partial charge in [0, 0.05) is 23.4 Å². The Morgan fingerprint density at radius 2 is 1.29 bits per heavy atom. The minimum absolute atomic E-state index is 0.0109. The van der Waals surface area contributed by atoms with Crippen molar-refractivity contribution in [2.24, 2.45) is 51.2 Å². The van der Waals surface area contributed by atoms with E-state index in [2.05, 4.69) is 47.6 Å². The van der Waals surface area contributed by atoms with Crippen LogP contribution in [0.4, 0.5) is 0 Å². The van der Waals surface area contributed by atoms with E-state index in [4.69, 9.17) is 33.2 Å². The lowest BCUT2D eigenvalue weighted by atomic mass is 9.38. The maximum absolute atomic E-state index is 12.7. The van der Waals surface area contributed by atoms with Crippen molar-refractivity contribution in [2.45, 2.75) is 248 Å². The van der Waals surface area contributed by atoms with Gasteiger partial charge in [-0.3, -0.25) is 0 Å². The van der Waals surface area contributed by atoms with Crippen LogP contribution in [-0.2, 0) is 33.2 Å². The van der Waals surface area contributed by atoms with Crippen LogP contribution in [-0.4, -0.2) is 237 Å². The molecule has 76 heavy (non-hydrogen) atoms. The largest absolute Gasteiger partial charge is 0.396 e. The summed E-state index contributed by atoms with van der Waals surface area (Å²) in [6.45, 7) is 14.4. The summed E-state index contributed by atoms with van der Waals surface area (Å²) in [5.74, 6) is -0.886. The van der Waals surface area contributed by atoms with Gasteiger partial charge in [-0.15, -0.1) is 0 Å². The molecule has 7 fully saturated rings. The highest BCUT2D eigenvalue weighted by Crippen LogP contribution is 2.75. The van der Waals surface area contributed by atoms with Crippen molar-refractivity contribution in [3.63, 3.8) is 0 Å². The van der Waals surface area contributed by atoms with E-state index in [1.54, 1.807) is 13.8 Å². The Bertz CT molecular complexity index is 1970. The monoisotopic (exact) mass is 1090 g/mol. The van der Waals surface area contributed by atoms with Crippen LogP contribution in [0, 0.1) is 51.2 Å². The third kappa shape index (κ3) is 10.4. The Morgan fingerprint density at radius 1 is 0.671 bits per heavy atom. The molecular weight excluding hydrogens is 1000 g/mol. The van der Waals surface area contributed by atoms with E-state index >= 15 is 0 Å². The number of hydrogen-bond acceptors (Lipinski definition) is 22. The Kier molecular flexibility index (Phi) is 18.4. The van der Waals surface area contributed by atoms with Crippen LogP contribution in [0.15, 0.2) is 11.6 Å². The Balaban J connectivity index is 0.941. The van der Waals surface area contributed by atoms with Gasteiger partial charge in [-0.1, -0.05) is 53.2 Å². The van der Waals surface area contributed by atoms with Crippen LogP contribution in [0.1, 0.15) is 113 Å². The zero-order valence-corrected chi connectivity index (χ0v) is 45.3. The van der Waals surface area contributed by atoms with E-state index < -0.39 is 171 Å². The molecule has 4 heterocycles. The SMILES string of the molecule is C[C@H](CC[C@@H](O[C@@H]1OC[C@@H](O)[C@H](O)[C@H]1O[C@H]1O[C@@H](CCO)[C@H](O)[C@@H](O)[C@@H]1O)C(C)(C)O)C1CC[C@@]2(C)C3CC=C4C(CC[C@H](O[C@@H]5O[C@H](CO)C([C@@H]6O[C@H](CO)[C@@H](O)[C@H](O)[C@H]6O)[C@H](O)[C@H]5O)C4(C)C)[C@]3(C)[C@H](O)C[C@]12C. The second-order valence-electron chi connectivity index (χ2n) is 25.8. The molecule has 0 radical (unpaired) electrons. The fourth-order valence-electron chi connectivity index (χ4n) is 16.1. The average Bonchev–Trinajstić information content (AvgIpc) is 3.84. The second-order valence-corrected chi connectivity index (χ2v) is 25.8. The quantitative estimate of drug-likeness (QED) is 0.0749. The summed E-state index contributed by atoms with van der Waals surface area (Å²) >= 11 is 0. The summed E-state index contributed by atoms with van der Waals surface area (Å²) in [7, 11) is 0. The second kappa shape index (κ2) is 22.9. The molecule has 4 aliphatic carbocycles. The minimum Gasteiger partial charge on any atom is -0.396 e. The van der Waals surface area contributed by atoms with E-state index in [0.717, 1.165) is 18.4 Å². The van der Waals surface area contributed by atoms with Crippen molar-refractivity contribution < 1.29 is 110 Å². The van der Waals surface area contributed by atoms with Crippen molar-refractivity contribution in [3.8, 4) is 0 Å². The number of hydrogen-bond donors (Lipinski definition) is 15. The summed E-state index contributed by atoms with van der Waals surface area (Å²) in [4.78, 5) is 0.